The van der Waals surface area contributed by atoms with Crippen LogP contribution in [0.3, 0.4) is 0 Å². The minimum Gasteiger partial charge on any atom is -0.457 e. The average Bonchev–Trinajstić information content (AvgIpc) is 2.41. The third-order valence-corrected chi connectivity index (χ3v) is 2.88. The van der Waals surface area contributed by atoms with E-state index >= 15 is 0 Å². The number of hydrogen-bond donors (Lipinski definition) is 0. The van der Waals surface area contributed by atoms with Crippen LogP contribution in [0.15, 0.2) is 54.6 Å². The molecular formula is C15H10Cl2FNO. The second kappa shape index (κ2) is 6.07. The Kier molecular flexibility index (Phi) is 4.42. The lowest BCUT2D eigenvalue weighted by molar-refractivity contribution is 0.485. The van der Waals surface area contributed by atoms with E-state index in [1.54, 1.807) is 18.2 Å². The SMILES string of the molecule is Cl.Fc1ccc(Oc2cc(Cl)nc3ccccc23)cc1. The molecule has 1 heterocycles. The van der Waals surface area contributed by atoms with Gasteiger partial charge in [0.15, 0.2) is 0 Å². The molecule has 0 amide bonds. The zero-order chi connectivity index (χ0) is 13.2. The van der Waals surface area contributed by atoms with Crippen LogP contribution in [-0.2, 0) is 0 Å². The maximum absolute atomic E-state index is 12.9. The Bertz CT molecular complexity index is 732. The van der Waals surface area contributed by atoms with Crippen molar-refractivity contribution < 1.29 is 9.13 Å². The summed E-state index contributed by atoms with van der Waals surface area (Å²) in [7, 11) is 0. The monoisotopic (exact) mass is 309 g/mol. The Balaban J connectivity index is 0.00000147. The molecule has 2 aromatic carbocycles. The Morgan fingerprint density at radius 3 is 2.45 bits per heavy atom. The Hall–Kier alpha value is -1.84. The molecular weight excluding hydrogens is 300 g/mol. The fourth-order valence-corrected chi connectivity index (χ4v) is 2.02. The zero-order valence-electron chi connectivity index (χ0n) is 10.2. The minimum absolute atomic E-state index is 0. The minimum atomic E-state index is -0.301. The highest BCUT2D eigenvalue weighted by molar-refractivity contribution is 6.30. The molecule has 0 bridgehead atoms. The van der Waals surface area contributed by atoms with E-state index in [1.807, 2.05) is 24.3 Å². The molecule has 102 valence electrons. The van der Waals surface area contributed by atoms with E-state index in [0.717, 1.165) is 10.9 Å². The van der Waals surface area contributed by atoms with Crippen LogP contribution >= 0.6 is 24.0 Å². The zero-order valence-corrected chi connectivity index (χ0v) is 11.8. The summed E-state index contributed by atoms with van der Waals surface area (Å²) in [4.78, 5) is 4.22. The van der Waals surface area contributed by atoms with Crippen molar-refractivity contribution >= 4 is 34.9 Å². The first-order valence-corrected chi connectivity index (χ1v) is 6.09. The molecule has 3 aromatic rings. The number of halogens is 3. The van der Waals surface area contributed by atoms with Gasteiger partial charge in [0.05, 0.1) is 5.52 Å². The van der Waals surface area contributed by atoms with Crippen molar-refractivity contribution in [2.45, 2.75) is 0 Å². The van der Waals surface area contributed by atoms with Crippen LogP contribution in [0.25, 0.3) is 10.9 Å². The van der Waals surface area contributed by atoms with Crippen LogP contribution in [0, 0.1) is 5.82 Å². The highest BCUT2D eigenvalue weighted by atomic mass is 35.5. The highest BCUT2D eigenvalue weighted by Crippen LogP contribution is 2.31. The van der Waals surface area contributed by atoms with Gasteiger partial charge >= 0.3 is 0 Å². The summed E-state index contributed by atoms with van der Waals surface area (Å²) < 4.78 is 18.6. The topological polar surface area (TPSA) is 22.1 Å². The Morgan fingerprint density at radius 1 is 1.00 bits per heavy atom. The molecule has 20 heavy (non-hydrogen) atoms. The predicted octanol–water partition coefficient (Wildman–Crippen LogP) is 5.24. The summed E-state index contributed by atoms with van der Waals surface area (Å²) in [6.07, 6.45) is 0. The summed E-state index contributed by atoms with van der Waals surface area (Å²) in [5.74, 6) is 0.848. The van der Waals surface area contributed by atoms with Gasteiger partial charge in [0.1, 0.15) is 22.5 Å². The van der Waals surface area contributed by atoms with Gasteiger partial charge in [-0.05, 0) is 36.4 Å². The van der Waals surface area contributed by atoms with E-state index in [9.17, 15) is 4.39 Å². The van der Waals surface area contributed by atoms with Crippen LogP contribution in [0.1, 0.15) is 0 Å². The van der Waals surface area contributed by atoms with Crippen molar-refractivity contribution in [3.63, 3.8) is 0 Å². The molecule has 0 saturated heterocycles. The summed E-state index contributed by atoms with van der Waals surface area (Å²) in [6.45, 7) is 0. The Morgan fingerprint density at radius 2 is 1.70 bits per heavy atom. The lowest BCUT2D eigenvalue weighted by Gasteiger charge is -2.09. The second-order valence-electron chi connectivity index (χ2n) is 4.02. The number of fused-ring (bicyclic) bond motifs is 1. The van der Waals surface area contributed by atoms with Crippen LogP contribution in [0.2, 0.25) is 5.15 Å². The van der Waals surface area contributed by atoms with Gasteiger partial charge in [-0.25, -0.2) is 9.37 Å². The molecule has 0 unspecified atom stereocenters. The summed E-state index contributed by atoms with van der Waals surface area (Å²) in [6, 6.07) is 15.0. The van der Waals surface area contributed by atoms with Gasteiger partial charge in [-0.15, -0.1) is 12.4 Å². The molecule has 0 aliphatic carbocycles. The molecule has 0 atom stereocenters. The number of aromatic nitrogens is 1. The maximum atomic E-state index is 12.9. The number of rotatable bonds is 2. The van der Waals surface area contributed by atoms with E-state index in [0.29, 0.717) is 16.7 Å². The number of benzene rings is 2. The molecule has 1 aromatic heterocycles. The van der Waals surface area contributed by atoms with Gasteiger partial charge < -0.3 is 4.74 Å². The van der Waals surface area contributed by atoms with Crippen molar-refractivity contribution in [2.75, 3.05) is 0 Å². The first kappa shape index (κ1) is 14.6. The number of para-hydroxylation sites is 1. The van der Waals surface area contributed by atoms with E-state index in [-0.39, 0.29) is 18.2 Å². The van der Waals surface area contributed by atoms with E-state index in [2.05, 4.69) is 4.98 Å². The van der Waals surface area contributed by atoms with Gasteiger partial charge in [-0.1, -0.05) is 23.7 Å². The predicted molar refractivity (Wildman–Crippen MR) is 80.5 cm³/mol. The van der Waals surface area contributed by atoms with Crippen LogP contribution in [0.5, 0.6) is 11.5 Å². The molecule has 2 nitrogen and oxygen atoms in total. The van der Waals surface area contributed by atoms with Gasteiger partial charge in [-0.2, -0.15) is 0 Å². The van der Waals surface area contributed by atoms with Gasteiger partial charge in [0.2, 0.25) is 0 Å². The largest absolute Gasteiger partial charge is 0.457 e. The number of ether oxygens (including phenoxy) is 1. The van der Waals surface area contributed by atoms with Crippen LogP contribution in [-0.4, -0.2) is 4.98 Å². The summed E-state index contributed by atoms with van der Waals surface area (Å²) in [5.41, 5.74) is 0.757. The second-order valence-corrected chi connectivity index (χ2v) is 4.40. The van der Waals surface area contributed by atoms with Crippen molar-refractivity contribution in [3.8, 4) is 11.5 Å². The highest BCUT2D eigenvalue weighted by Gasteiger charge is 2.06. The average molecular weight is 310 g/mol. The molecule has 5 heteroatoms. The summed E-state index contributed by atoms with van der Waals surface area (Å²) >= 11 is 5.96. The standard InChI is InChI=1S/C15H9ClFNO.ClH/c16-15-9-14(12-3-1-2-4-13(12)18-15)19-11-7-5-10(17)6-8-11;/h1-9H;1H. The molecule has 0 aliphatic rings. The van der Waals surface area contributed by atoms with Crippen molar-refractivity contribution in [1.29, 1.82) is 0 Å². The fraction of sp³-hybridized carbons (Fsp3) is 0. The number of pyridine rings is 1. The van der Waals surface area contributed by atoms with Gasteiger partial charge in [0.25, 0.3) is 0 Å². The van der Waals surface area contributed by atoms with Gasteiger partial charge in [0, 0.05) is 11.5 Å². The lowest BCUT2D eigenvalue weighted by atomic mass is 10.2. The van der Waals surface area contributed by atoms with Crippen molar-refractivity contribution in [1.82, 2.24) is 4.98 Å². The lowest BCUT2D eigenvalue weighted by Crippen LogP contribution is -1.88. The number of nitrogens with zero attached hydrogens (tertiary/aromatic N) is 1. The molecule has 0 spiro atoms. The number of hydrogen-bond acceptors (Lipinski definition) is 2. The first-order valence-electron chi connectivity index (χ1n) is 5.71. The first-order chi connectivity index (χ1) is 9.22. The molecule has 0 aliphatic heterocycles. The van der Waals surface area contributed by atoms with Crippen molar-refractivity contribution in [3.05, 3.63) is 65.6 Å². The Labute approximate surface area is 126 Å². The van der Waals surface area contributed by atoms with E-state index in [4.69, 9.17) is 16.3 Å². The maximum Gasteiger partial charge on any atom is 0.139 e. The normalized spacial score (nSPS) is 10.1. The third-order valence-electron chi connectivity index (χ3n) is 2.69. The van der Waals surface area contributed by atoms with Crippen LogP contribution < -0.4 is 4.74 Å². The third kappa shape index (κ3) is 3.00. The van der Waals surface area contributed by atoms with E-state index in [1.165, 1.54) is 12.1 Å². The molecule has 3 rings (SSSR count). The van der Waals surface area contributed by atoms with Crippen LogP contribution in [0.4, 0.5) is 4.39 Å². The van der Waals surface area contributed by atoms with E-state index < -0.39 is 0 Å². The molecule has 0 fully saturated rings. The fourth-order valence-electron chi connectivity index (χ4n) is 1.83. The smallest absolute Gasteiger partial charge is 0.139 e. The summed E-state index contributed by atoms with van der Waals surface area (Å²) in [5, 5.41) is 1.21. The quantitative estimate of drug-likeness (QED) is 0.604. The van der Waals surface area contributed by atoms with Crippen molar-refractivity contribution in [2.24, 2.45) is 0 Å². The van der Waals surface area contributed by atoms with Gasteiger partial charge in [-0.3, -0.25) is 0 Å². The molecule has 0 N–H and O–H groups in total. The molecule has 0 radical (unpaired) electrons. The molecule has 0 saturated carbocycles.